The molecule has 2 aromatic rings. The molecular weight excluding hydrogens is 204 g/mol. The highest BCUT2D eigenvalue weighted by atomic mass is 15.3. The Morgan fingerprint density at radius 3 is 2.62 bits per heavy atom. The molecule has 0 fully saturated rings. The number of rotatable bonds is 5. The monoisotopic (exact) mass is 220 g/mol. The standard InChI is InChI=1S/C10H16N6/c11-3-7-15(8-4-12)9-2-6-16-10(14-9)1-5-13-16/h1-2,5-6H,3-4,7-8,11-12H2. The Kier molecular flexibility index (Phi) is 3.33. The number of hydrogen-bond acceptors (Lipinski definition) is 5. The molecule has 0 aliphatic rings. The van der Waals surface area contributed by atoms with Gasteiger partial charge in [0.25, 0.3) is 0 Å². The molecule has 0 radical (unpaired) electrons. The van der Waals surface area contributed by atoms with Gasteiger partial charge in [0, 0.05) is 38.4 Å². The lowest BCUT2D eigenvalue weighted by Crippen LogP contribution is -2.34. The zero-order valence-corrected chi connectivity index (χ0v) is 9.08. The van der Waals surface area contributed by atoms with Crippen molar-refractivity contribution >= 4 is 11.5 Å². The molecule has 2 aromatic heterocycles. The summed E-state index contributed by atoms with van der Waals surface area (Å²) in [5.74, 6) is 0.893. The van der Waals surface area contributed by atoms with Crippen molar-refractivity contribution in [3.8, 4) is 0 Å². The first-order chi connectivity index (χ1) is 7.85. The Labute approximate surface area is 93.9 Å². The van der Waals surface area contributed by atoms with Crippen LogP contribution in [0.5, 0.6) is 0 Å². The molecule has 0 aliphatic heterocycles. The number of nitrogens with two attached hydrogens (primary N) is 2. The summed E-state index contributed by atoms with van der Waals surface area (Å²) in [6.45, 7) is 2.70. The van der Waals surface area contributed by atoms with Gasteiger partial charge in [-0.25, -0.2) is 9.50 Å². The van der Waals surface area contributed by atoms with Gasteiger partial charge in [-0.05, 0) is 6.07 Å². The molecule has 6 nitrogen and oxygen atoms in total. The van der Waals surface area contributed by atoms with Crippen molar-refractivity contribution < 1.29 is 0 Å². The smallest absolute Gasteiger partial charge is 0.157 e. The summed E-state index contributed by atoms with van der Waals surface area (Å²) in [7, 11) is 0. The molecule has 4 N–H and O–H groups in total. The maximum atomic E-state index is 5.56. The van der Waals surface area contributed by atoms with Crippen LogP contribution in [0.3, 0.4) is 0 Å². The first-order valence-electron chi connectivity index (χ1n) is 5.30. The number of hydrogen-bond donors (Lipinski definition) is 2. The fraction of sp³-hybridized carbons (Fsp3) is 0.400. The van der Waals surface area contributed by atoms with Crippen LogP contribution in [0, 0.1) is 0 Å². The third-order valence-corrected chi connectivity index (χ3v) is 2.37. The molecule has 0 saturated heterocycles. The highest BCUT2D eigenvalue weighted by Gasteiger charge is 2.06. The lowest BCUT2D eigenvalue weighted by atomic mass is 10.4. The van der Waals surface area contributed by atoms with Crippen molar-refractivity contribution in [1.29, 1.82) is 0 Å². The van der Waals surface area contributed by atoms with Crippen LogP contribution in [0.1, 0.15) is 0 Å². The zero-order chi connectivity index (χ0) is 11.4. The fourth-order valence-corrected chi connectivity index (χ4v) is 1.63. The lowest BCUT2D eigenvalue weighted by molar-refractivity contribution is 0.767. The lowest BCUT2D eigenvalue weighted by Gasteiger charge is -2.22. The van der Waals surface area contributed by atoms with Gasteiger partial charge < -0.3 is 16.4 Å². The van der Waals surface area contributed by atoms with Crippen molar-refractivity contribution in [3.05, 3.63) is 24.5 Å². The van der Waals surface area contributed by atoms with Gasteiger partial charge in [0.2, 0.25) is 0 Å². The number of aromatic nitrogens is 3. The summed E-state index contributed by atoms with van der Waals surface area (Å²) in [6, 6.07) is 3.79. The summed E-state index contributed by atoms with van der Waals surface area (Å²) in [5.41, 5.74) is 12.0. The molecule has 2 heterocycles. The van der Waals surface area contributed by atoms with Crippen LogP contribution in [-0.2, 0) is 0 Å². The second kappa shape index (κ2) is 4.91. The summed E-state index contributed by atoms with van der Waals surface area (Å²) in [4.78, 5) is 6.56. The molecule has 0 aromatic carbocycles. The Morgan fingerprint density at radius 1 is 1.19 bits per heavy atom. The summed E-state index contributed by atoms with van der Waals surface area (Å²) in [5, 5.41) is 4.10. The van der Waals surface area contributed by atoms with E-state index < -0.39 is 0 Å². The molecule has 2 rings (SSSR count). The highest BCUT2D eigenvalue weighted by Crippen LogP contribution is 2.10. The van der Waals surface area contributed by atoms with Gasteiger partial charge >= 0.3 is 0 Å². The first-order valence-corrected chi connectivity index (χ1v) is 5.30. The quantitative estimate of drug-likeness (QED) is 0.706. The second-order valence-electron chi connectivity index (χ2n) is 3.48. The predicted octanol–water partition coefficient (Wildman–Crippen LogP) is -0.547. The molecular formula is C10H16N6. The Hall–Kier alpha value is -1.66. The molecule has 0 atom stereocenters. The molecule has 0 unspecified atom stereocenters. The number of anilines is 1. The average molecular weight is 220 g/mol. The van der Waals surface area contributed by atoms with E-state index in [1.165, 1.54) is 0 Å². The van der Waals surface area contributed by atoms with Crippen molar-refractivity contribution in [3.63, 3.8) is 0 Å². The molecule has 0 saturated carbocycles. The normalized spacial score (nSPS) is 10.9. The molecule has 0 bridgehead atoms. The van der Waals surface area contributed by atoms with E-state index in [1.807, 2.05) is 18.3 Å². The van der Waals surface area contributed by atoms with Gasteiger partial charge in [-0.15, -0.1) is 0 Å². The van der Waals surface area contributed by atoms with E-state index in [2.05, 4.69) is 15.0 Å². The van der Waals surface area contributed by atoms with Gasteiger partial charge in [-0.1, -0.05) is 0 Å². The number of fused-ring (bicyclic) bond motifs is 1. The third-order valence-electron chi connectivity index (χ3n) is 2.37. The van der Waals surface area contributed by atoms with Crippen molar-refractivity contribution in [1.82, 2.24) is 14.6 Å². The Balaban J connectivity index is 2.28. The summed E-state index contributed by atoms with van der Waals surface area (Å²) >= 11 is 0. The van der Waals surface area contributed by atoms with Gasteiger partial charge in [-0.2, -0.15) is 5.10 Å². The van der Waals surface area contributed by atoms with Crippen molar-refractivity contribution in [2.45, 2.75) is 0 Å². The Bertz CT molecular complexity index is 445. The molecule has 0 spiro atoms. The zero-order valence-electron chi connectivity index (χ0n) is 9.08. The SMILES string of the molecule is NCCN(CCN)c1ccn2nccc2n1. The van der Waals surface area contributed by atoms with Crippen LogP contribution >= 0.6 is 0 Å². The van der Waals surface area contributed by atoms with E-state index in [4.69, 9.17) is 11.5 Å². The van der Waals surface area contributed by atoms with E-state index in [0.717, 1.165) is 24.6 Å². The van der Waals surface area contributed by atoms with Crippen LogP contribution < -0.4 is 16.4 Å². The third kappa shape index (κ3) is 2.12. The minimum absolute atomic E-state index is 0.589. The Morgan fingerprint density at radius 2 is 1.94 bits per heavy atom. The van der Waals surface area contributed by atoms with Gasteiger partial charge in [-0.3, -0.25) is 0 Å². The van der Waals surface area contributed by atoms with E-state index in [0.29, 0.717) is 13.1 Å². The molecule has 0 amide bonds. The average Bonchev–Trinajstić information content (AvgIpc) is 2.75. The number of nitrogens with zero attached hydrogens (tertiary/aromatic N) is 4. The second-order valence-corrected chi connectivity index (χ2v) is 3.48. The van der Waals surface area contributed by atoms with Crippen molar-refractivity contribution in [2.24, 2.45) is 11.5 Å². The molecule has 6 heteroatoms. The topological polar surface area (TPSA) is 85.5 Å². The largest absolute Gasteiger partial charge is 0.354 e. The van der Waals surface area contributed by atoms with E-state index in [1.54, 1.807) is 10.7 Å². The van der Waals surface area contributed by atoms with Gasteiger partial charge in [0.1, 0.15) is 5.82 Å². The van der Waals surface area contributed by atoms with E-state index in [-0.39, 0.29) is 0 Å². The van der Waals surface area contributed by atoms with Crippen LogP contribution in [0.4, 0.5) is 5.82 Å². The van der Waals surface area contributed by atoms with E-state index in [9.17, 15) is 0 Å². The minimum atomic E-state index is 0.589. The van der Waals surface area contributed by atoms with Crippen molar-refractivity contribution in [2.75, 3.05) is 31.1 Å². The maximum absolute atomic E-state index is 5.56. The maximum Gasteiger partial charge on any atom is 0.157 e. The first kappa shape index (κ1) is 10.8. The van der Waals surface area contributed by atoms with Crippen LogP contribution in [0.15, 0.2) is 24.5 Å². The van der Waals surface area contributed by atoms with E-state index >= 15 is 0 Å². The van der Waals surface area contributed by atoms with Crippen LogP contribution in [0.25, 0.3) is 5.65 Å². The minimum Gasteiger partial charge on any atom is -0.354 e. The highest BCUT2D eigenvalue weighted by molar-refractivity contribution is 5.47. The molecule has 86 valence electrons. The van der Waals surface area contributed by atoms with Gasteiger partial charge in [0.15, 0.2) is 5.65 Å². The molecule has 16 heavy (non-hydrogen) atoms. The fourth-order valence-electron chi connectivity index (χ4n) is 1.63. The van der Waals surface area contributed by atoms with Crippen LogP contribution in [-0.4, -0.2) is 40.8 Å². The van der Waals surface area contributed by atoms with Gasteiger partial charge in [0.05, 0.1) is 6.20 Å². The predicted molar refractivity (Wildman–Crippen MR) is 63.3 cm³/mol. The van der Waals surface area contributed by atoms with Crippen LogP contribution in [0.2, 0.25) is 0 Å². The summed E-state index contributed by atoms with van der Waals surface area (Å²) in [6.07, 6.45) is 3.61. The molecule has 0 aliphatic carbocycles. The summed E-state index contributed by atoms with van der Waals surface area (Å²) < 4.78 is 1.73.